The molecule has 0 aromatic rings. The number of nitrogens with one attached hydrogen (secondary N) is 1. The van der Waals surface area contributed by atoms with E-state index in [0.29, 0.717) is 0 Å². The molecule has 96 valence electrons. The van der Waals surface area contributed by atoms with E-state index in [2.05, 4.69) is 29.8 Å². The standard InChI is InChI=1S/C8H12N2O5.C2H4/c1-4(3-6(11)12)7(13)15-5(2)10-8(9)14;1-2/h5H,1,3H2,2H3,(H,11,12)(H3,9,10,14);1-2H2. The van der Waals surface area contributed by atoms with Gasteiger partial charge in [0.25, 0.3) is 0 Å². The number of nitrogens with two attached hydrogens (primary N) is 1. The summed E-state index contributed by atoms with van der Waals surface area (Å²) in [6, 6.07) is -0.848. The third-order valence-corrected chi connectivity index (χ3v) is 1.28. The monoisotopic (exact) mass is 244 g/mol. The summed E-state index contributed by atoms with van der Waals surface area (Å²) >= 11 is 0. The minimum Gasteiger partial charge on any atom is -0.481 e. The second kappa shape index (κ2) is 8.96. The molecule has 0 saturated carbocycles. The average molecular weight is 244 g/mol. The van der Waals surface area contributed by atoms with Crippen LogP contribution in [0.3, 0.4) is 0 Å². The highest BCUT2D eigenvalue weighted by molar-refractivity contribution is 5.93. The van der Waals surface area contributed by atoms with Gasteiger partial charge in [0.05, 0.1) is 6.42 Å². The van der Waals surface area contributed by atoms with Gasteiger partial charge in [0.1, 0.15) is 0 Å². The van der Waals surface area contributed by atoms with E-state index in [-0.39, 0.29) is 5.57 Å². The number of esters is 1. The fourth-order valence-electron chi connectivity index (χ4n) is 0.728. The van der Waals surface area contributed by atoms with Crippen LogP contribution >= 0.6 is 0 Å². The number of aliphatic carboxylic acids is 1. The Hall–Kier alpha value is -2.31. The second-order valence-electron chi connectivity index (χ2n) is 2.73. The third kappa shape index (κ3) is 9.98. The summed E-state index contributed by atoms with van der Waals surface area (Å²) in [4.78, 5) is 31.7. The molecule has 7 heteroatoms. The van der Waals surface area contributed by atoms with Crippen LogP contribution in [0.4, 0.5) is 4.79 Å². The summed E-state index contributed by atoms with van der Waals surface area (Å²) < 4.78 is 4.61. The molecule has 17 heavy (non-hydrogen) atoms. The van der Waals surface area contributed by atoms with Crippen LogP contribution in [0.2, 0.25) is 0 Å². The third-order valence-electron chi connectivity index (χ3n) is 1.28. The molecule has 0 radical (unpaired) electrons. The molecule has 1 atom stereocenters. The summed E-state index contributed by atoms with van der Waals surface area (Å²) in [5.74, 6) is -2.08. The van der Waals surface area contributed by atoms with Gasteiger partial charge in [0.15, 0.2) is 6.23 Å². The quantitative estimate of drug-likeness (QED) is 0.279. The Labute approximate surface area is 98.9 Å². The van der Waals surface area contributed by atoms with E-state index in [1.165, 1.54) is 6.92 Å². The minimum atomic E-state index is -1.19. The van der Waals surface area contributed by atoms with Gasteiger partial charge >= 0.3 is 18.0 Å². The number of hydrogen-bond donors (Lipinski definition) is 3. The van der Waals surface area contributed by atoms with Gasteiger partial charge in [0, 0.05) is 5.57 Å². The van der Waals surface area contributed by atoms with Gasteiger partial charge in [-0.25, -0.2) is 9.59 Å². The lowest BCUT2D eigenvalue weighted by molar-refractivity contribution is -0.146. The molecule has 1 unspecified atom stereocenters. The van der Waals surface area contributed by atoms with Crippen molar-refractivity contribution < 1.29 is 24.2 Å². The fraction of sp³-hybridized carbons (Fsp3) is 0.300. The Bertz CT molecular complexity index is 314. The molecule has 0 saturated heterocycles. The van der Waals surface area contributed by atoms with Crippen molar-refractivity contribution in [2.45, 2.75) is 19.6 Å². The van der Waals surface area contributed by atoms with Crippen LogP contribution in [0.25, 0.3) is 0 Å². The molecule has 0 heterocycles. The van der Waals surface area contributed by atoms with Gasteiger partial charge in [-0.05, 0) is 6.92 Å². The number of carbonyl (C=O) groups excluding carboxylic acids is 2. The van der Waals surface area contributed by atoms with Crippen LogP contribution in [0, 0.1) is 0 Å². The number of carboxylic acid groups (broad SMARTS) is 1. The van der Waals surface area contributed by atoms with Crippen molar-refractivity contribution in [2.24, 2.45) is 5.73 Å². The summed E-state index contributed by atoms with van der Waals surface area (Å²) in [6.07, 6.45) is -1.44. The lowest BCUT2D eigenvalue weighted by Crippen LogP contribution is -2.39. The van der Waals surface area contributed by atoms with Crippen molar-refractivity contribution in [2.75, 3.05) is 0 Å². The first kappa shape index (κ1) is 17.1. The zero-order valence-corrected chi connectivity index (χ0v) is 9.56. The van der Waals surface area contributed by atoms with Crippen LogP contribution in [-0.4, -0.2) is 29.3 Å². The Kier molecular flexibility index (Phi) is 9.01. The number of ether oxygens (including phenoxy) is 1. The molecule has 0 fully saturated rings. The van der Waals surface area contributed by atoms with Crippen LogP contribution in [-0.2, 0) is 14.3 Å². The zero-order valence-electron chi connectivity index (χ0n) is 9.56. The van der Waals surface area contributed by atoms with Crippen molar-refractivity contribution >= 4 is 18.0 Å². The van der Waals surface area contributed by atoms with Crippen LogP contribution in [0.5, 0.6) is 0 Å². The second-order valence-corrected chi connectivity index (χ2v) is 2.73. The molecule has 2 amide bonds. The van der Waals surface area contributed by atoms with E-state index in [1.807, 2.05) is 0 Å². The number of carboxylic acids is 1. The van der Waals surface area contributed by atoms with Gasteiger partial charge < -0.3 is 20.9 Å². The van der Waals surface area contributed by atoms with Crippen molar-refractivity contribution in [3.63, 3.8) is 0 Å². The maximum atomic E-state index is 11.1. The Morgan fingerprint density at radius 1 is 1.41 bits per heavy atom. The highest BCUT2D eigenvalue weighted by Gasteiger charge is 2.15. The molecule has 0 aliphatic carbocycles. The lowest BCUT2D eigenvalue weighted by atomic mass is 10.2. The maximum Gasteiger partial charge on any atom is 0.335 e. The summed E-state index contributed by atoms with van der Waals surface area (Å²) in [5.41, 5.74) is 4.56. The van der Waals surface area contributed by atoms with Crippen molar-refractivity contribution in [1.82, 2.24) is 5.32 Å². The molecule has 0 aromatic carbocycles. The summed E-state index contributed by atoms with van der Waals surface area (Å²) in [7, 11) is 0. The first-order valence-electron chi connectivity index (χ1n) is 4.49. The van der Waals surface area contributed by atoms with Crippen LogP contribution in [0.1, 0.15) is 13.3 Å². The van der Waals surface area contributed by atoms with Crippen molar-refractivity contribution in [1.29, 1.82) is 0 Å². The van der Waals surface area contributed by atoms with E-state index in [9.17, 15) is 14.4 Å². The number of amides is 2. The predicted molar refractivity (Wildman–Crippen MR) is 60.9 cm³/mol. The molecular formula is C10H16N2O5. The van der Waals surface area contributed by atoms with Gasteiger partial charge in [0.2, 0.25) is 0 Å². The Morgan fingerprint density at radius 3 is 2.24 bits per heavy atom. The smallest absolute Gasteiger partial charge is 0.335 e. The van der Waals surface area contributed by atoms with Crippen LogP contribution in [0.15, 0.2) is 25.3 Å². The lowest BCUT2D eigenvalue weighted by Gasteiger charge is -2.13. The minimum absolute atomic E-state index is 0.208. The summed E-state index contributed by atoms with van der Waals surface area (Å²) in [6.45, 7) is 10.6. The largest absolute Gasteiger partial charge is 0.481 e. The van der Waals surface area contributed by atoms with Crippen LogP contribution < -0.4 is 11.1 Å². The topological polar surface area (TPSA) is 119 Å². The first-order valence-corrected chi connectivity index (χ1v) is 4.49. The van der Waals surface area contributed by atoms with E-state index in [1.54, 1.807) is 0 Å². The molecule has 0 aliphatic heterocycles. The van der Waals surface area contributed by atoms with Gasteiger partial charge in [-0.15, -0.1) is 13.2 Å². The van der Waals surface area contributed by atoms with Gasteiger partial charge in [-0.1, -0.05) is 6.58 Å². The maximum absolute atomic E-state index is 11.1. The van der Waals surface area contributed by atoms with E-state index < -0.39 is 30.6 Å². The highest BCUT2D eigenvalue weighted by atomic mass is 16.6. The predicted octanol–water partition coefficient (Wildman–Crippen LogP) is 0.377. The zero-order chi connectivity index (χ0) is 14.0. The molecule has 0 aromatic heterocycles. The number of carbonyl (C=O) groups is 3. The first-order chi connectivity index (χ1) is 7.82. The van der Waals surface area contributed by atoms with E-state index in [0.717, 1.165) is 0 Å². The highest BCUT2D eigenvalue weighted by Crippen LogP contribution is 2.02. The Morgan fingerprint density at radius 2 is 1.88 bits per heavy atom. The van der Waals surface area contributed by atoms with Crippen molar-refractivity contribution in [3.05, 3.63) is 25.3 Å². The van der Waals surface area contributed by atoms with Crippen molar-refractivity contribution in [3.8, 4) is 0 Å². The van der Waals surface area contributed by atoms with Gasteiger partial charge in [-0.3, -0.25) is 4.79 Å². The Balaban J connectivity index is 0. The number of urea groups is 1. The number of hydrogen-bond acceptors (Lipinski definition) is 4. The molecular weight excluding hydrogens is 228 g/mol. The van der Waals surface area contributed by atoms with Gasteiger partial charge in [-0.2, -0.15) is 0 Å². The summed E-state index contributed by atoms with van der Waals surface area (Å²) in [5, 5.41) is 10.4. The fourth-order valence-corrected chi connectivity index (χ4v) is 0.728. The molecule has 0 aliphatic rings. The van der Waals surface area contributed by atoms with E-state index in [4.69, 9.17) is 10.8 Å². The molecule has 0 spiro atoms. The molecule has 7 nitrogen and oxygen atoms in total. The molecule has 4 N–H and O–H groups in total. The number of primary amides is 1. The van der Waals surface area contributed by atoms with E-state index >= 15 is 0 Å². The molecule has 0 rings (SSSR count). The molecule has 0 bridgehead atoms. The SMILES string of the molecule is C=C.C=C(CC(=O)O)C(=O)OC(C)NC(N)=O. The normalized spacial score (nSPS) is 10.2. The average Bonchev–Trinajstić information content (AvgIpc) is 2.18. The number of rotatable bonds is 5.